The Morgan fingerprint density at radius 1 is 1.18 bits per heavy atom. The molecule has 11 heteroatoms. The van der Waals surface area contributed by atoms with E-state index in [1.54, 1.807) is 24.0 Å². The van der Waals surface area contributed by atoms with Gasteiger partial charge in [-0.05, 0) is 45.4 Å². The second-order valence-electron chi connectivity index (χ2n) is 12.8. The Morgan fingerprint density at radius 2 is 1.91 bits per heavy atom. The molecular weight excluding hydrogens is 630 g/mol. The summed E-state index contributed by atoms with van der Waals surface area (Å²) < 4.78 is 12.5. The first-order chi connectivity index (χ1) is 21.2. The Morgan fingerprint density at radius 3 is 2.59 bits per heavy atom. The average Bonchev–Trinajstić information content (AvgIpc) is 3.61. The maximum atomic E-state index is 14.6. The molecule has 2 bridgehead atoms. The number of nitrogens with one attached hydrogen (secondary N) is 1. The summed E-state index contributed by atoms with van der Waals surface area (Å²) in [6.45, 7) is 10.3. The van der Waals surface area contributed by atoms with Crippen molar-refractivity contribution in [1.29, 1.82) is 0 Å². The molecule has 0 radical (unpaired) electrons. The topological polar surface area (TPSA) is 125 Å². The van der Waals surface area contributed by atoms with Crippen LogP contribution < -0.4 is 5.32 Å². The van der Waals surface area contributed by atoms with E-state index < -0.39 is 41.7 Å². The van der Waals surface area contributed by atoms with E-state index in [2.05, 4.69) is 34.4 Å². The summed E-state index contributed by atoms with van der Waals surface area (Å²) in [5.41, 5.74) is -1.14. The minimum atomic E-state index is -1.14. The van der Waals surface area contributed by atoms with Gasteiger partial charge in [0.05, 0.1) is 24.5 Å². The number of aliphatic hydroxyl groups is 1. The maximum absolute atomic E-state index is 14.6. The van der Waals surface area contributed by atoms with Gasteiger partial charge in [-0.25, -0.2) is 0 Å². The fourth-order valence-corrected chi connectivity index (χ4v) is 8.61. The fraction of sp³-hybridized carbons (Fsp3) is 0.758. The van der Waals surface area contributed by atoms with Crippen molar-refractivity contribution in [2.45, 2.75) is 119 Å². The molecule has 2 N–H and O–H groups in total. The largest absolute Gasteiger partial charge is 0.460 e. The number of carbonyl (C=O) groups is 4. The van der Waals surface area contributed by atoms with Gasteiger partial charge < -0.3 is 29.7 Å². The van der Waals surface area contributed by atoms with Crippen molar-refractivity contribution in [2.75, 3.05) is 26.2 Å². The zero-order chi connectivity index (χ0) is 31.9. The van der Waals surface area contributed by atoms with Crippen LogP contribution in [-0.2, 0) is 28.7 Å². The summed E-state index contributed by atoms with van der Waals surface area (Å²) in [6, 6.07) is -0.767. The normalized spacial score (nSPS) is 30.1. The number of carbonyl (C=O) groups excluding carboxylic acids is 4. The molecule has 0 aromatic carbocycles. The molecule has 1 saturated carbocycles. The van der Waals surface area contributed by atoms with E-state index in [-0.39, 0.29) is 41.7 Å². The van der Waals surface area contributed by atoms with Gasteiger partial charge >= 0.3 is 5.97 Å². The van der Waals surface area contributed by atoms with Crippen molar-refractivity contribution in [3.05, 3.63) is 25.3 Å². The Hall–Kier alpha value is -2.24. The number of fused-ring (bicyclic) bond motifs is 1. The third-order valence-electron chi connectivity index (χ3n) is 9.71. The maximum Gasteiger partial charge on any atom is 0.312 e. The first-order valence-corrected chi connectivity index (χ1v) is 17.3. The minimum absolute atomic E-state index is 0.0767. The van der Waals surface area contributed by atoms with Gasteiger partial charge in [0.1, 0.15) is 17.7 Å². The van der Waals surface area contributed by atoms with Crippen LogP contribution in [0.5, 0.6) is 0 Å². The van der Waals surface area contributed by atoms with E-state index >= 15 is 0 Å². The molecule has 0 aromatic heterocycles. The Labute approximate surface area is 270 Å². The lowest BCUT2D eigenvalue weighted by molar-refractivity contribution is -0.159. The standard InChI is InChI=1S/C33H50BrN3O7/c1-4-6-16-25(39)35-21-22(3)43-32(42)26-27-30(40)37(18-12-7-8-13-19-38)29(33(27)20-24(34)28(26)44-33)31(41)36(17-5-2)23-14-10-9-11-15-23/h4-5,22-24,26-29,38H,1-2,6-21H2,3H3,(H,35,39)/t22-,24?,26-,27+,28-,29-,33+/m1/s1. The summed E-state index contributed by atoms with van der Waals surface area (Å²) in [5, 5.41) is 12.0. The second kappa shape index (κ2) is 15.9. The van der Waals surface area contributed by atoms with Crippen LogP contribution in [0.15, 0.2) is 25.3 Å². The van der Waals surface area contributed by atoms with E-state index in [1.807, 2.05) is 4.90 Å². The highest BCUT2D eigenvalue weighted by molar-refractivity contribution is 9.09. The molecule has 3 heterocycles. The van der Waals surface area contributed by atoms with Gasteiger partial charge in [-0.2, -0.15) is 0 Å². The van der Waals surface area contributed by atoms with Gasteiger partial charge in [0.25, 0.3) is 0 Å². The molecule has 4 aliphatic rings. The number of ether oxygens (including phenoxy) is 2. The molecule has 1 unspecified atom stereocenters. The Balaban J connectivity index is 1.58. The summed E-state index contributed by atoms with van der Waals surface area (Å²) >= 11 is 3.73. The number of likely N-dealkylation sites (tertiary alicyclic amines) is 1. The molecule has 1 aliphatic carbocycles. The molecule has 4 rings (SSSR count). The predicted octanol–water partition coefficient (Wildman–Crippen LogP) is 3.65. The number of nitrogens with zero attached hydrogens (tertiary/aromatic N) is 2. The quantitative estimate of drug-likeness (QED) is 0.104. The summed E-state index contributed by atoms with van der Waals surface area (Å²) in [5.74, 6) is -2.75. The van der Waals surface area contributed by atoms with Crippen molar-refractivity contribution in [1.82, 2.24) is 15.1 Å². The molecule has 3 aliphatic heterocycles. The molecule has 1 spiro atoms. The minimum Gasteiger partial charge on any atom is -0.460 e. The third-order valence-corrected chi connectivity index (χ3v) is 10.6. The number of unbranched alkanes of at least 4 members (excludes halogenated alkanes) is 3. The smallest absolute Gasteiger partial charge is 0.312 e. The Kier molecular flexibility index (Phi) is 12.5. The highest BCUT2D eigenvalue weighted by Gasteiger charge is 2.77. The van der Waals surface area contributed by atoms with E-state index in [1.165, 1.54) is 0 Å². The number of hydrogen-bond acceptors (Lipinski definition) is 7. The zero-order valence-corrected chi connectivity index (χ0v) is 27.7. The molecule has 0 aromatic rings. The van der Waals surface area contributed by atoms with Crippen molar-refractivity contribution < 1.29 is 33.8 Å². The lowest BCUT2D eigenvalue weighted by Gasteiger charge is -2.41. The number of esters is 1. The van der Waals surface area contributed by atoms with Gasteiger partial charge in [-0.1, -0.05) is 60.2 Å². The summed E-state index contributed by atoms with van der Waals surface area (Å²) in [7, 11) is 0. The van der Waals surface area contributed by atoms with Crippen molar-refractivity contribution in [2.24, 2.45) is 11.8 Å². The van der Waals surface area contributed by atoms with Crippen LogP contribution in [0.3, 0.4) is 0 Å². The molecule has 3 saturated heterocycles. The van der Waals surface area contributed by atoms with Crippen molar-refractivity contribution >= 4 is 39.6 Å². The number of aliphatic hydroxyl groups excluding tert-OH is 1. The molecule has 246 valence electrons. The van der Waals surface area contributed by atoms with Crippen LogP contribution in [0.4, 0.5) is 0 Å². The van der Waals surface area contributed by atoms with Gasteiger partial charge in [-0.3, -0.25) is 19.2 Å². The summed E-state index contributed by atoms with van der Waals surface area (Å²) in [6.07, 6.45) is 11.6. The molecule has 10 nitrogen and oxygen atoms in total. The monoisotopic (exact) mass is 679 g/mol. The average molecular weight is 681 g/mol. The van der Waals surface area contributed by atoms with E-state index in [4.69, 9.17) is 9.47 Å². The summed E-state index contributed by atoms with van der Waals surface area (Å²) in [4.78, 5) is 58.1. The lowest BCUT2D eigenvalue weighted by Crippen LogP contribution is -2.58. The number of hydrogen-bond donors (Lipinski definition) is 2. The first kappa shape index (κ1) is 34.6. The molecule has 4 fully saturated rings. The van der Waals surface area contributed by atoms with Crippen LogP contribution in [0, 0.1) is 11.8 Å². The fourth-order valence-electron chi connectivity index (χ4n) is 7.67. The number of allylic oxidation sites excluding steroid dienone is 1. The molecule has 7 atom stereocenters. The highest BCUT2D eigenvalue weighted by atomic mass is 79.9. The lowest BCUT2D eigenvalue weighted by atomic mass is 9.70. The van der Waals surface area contributed by atoms with Crippen molar-refractivity contribution in [3.63, 3.8) is 0 Å². The number of amides is 3. The number of alkyl halides is 1. The van der Waals surface area contributed by atoms with Crippen molar-refractivity contribution in [3.8, 4) is 0 Å². The number of rotatable bonds is 17. The zero-order valence-electron chi connectivity index (χ0n) is 26.1. The molecule has 44 heavy (non-hydrogen) atoms. The molecular formula is C33H50BrN3O7. The highest BCUT2D eigenvalue weighted by Crippen LogP contribution is 2.60. The Bertz CT molecular complexity index is 1070. The van der Waals surface area contributed by atoms with Crippen LogP contribution in [0.25, 0.3) is 0 Å². The van der Waals surface area contributed by atoms with Crippen LogP contribution >= 0.6 is 15.9 Å². The van der Waals surface area contributed by atoms with Crippen LogP contribution in [-0.4, -0.2) is 99.6 Å². The van der Waals surface area contributed by atoms with E-state index in [0.717, 1.165) is 44.9 Å². The van der Waals surface area contributed by atoms with E-state index in [0.29, 0.717) is 45.2 Å². The predicted molar refractivity (Wildman–Crippen MR) is 170 cm³/mol. The van der Waals surface area contributed by atoms with Gasteiger partial charge in [0.2, 0.25) is 17.7 Å². The molecule has 3 amide bonds. The number of halogens is 1. The SMILES string of the molecule is C=CCCC(=O)NC[C@@H](C)OC(=O)[C@H]1[C@@H]2O[C@@]3(CC2Br)[C@@H]1C(=O)N(CCCCCCO)[C@@H]3C(=O)N(CC=C)C1CCCCC1. The van der Waals surface area contributed by atoms with E-state index in [9.17, 15) is 24.3 Å². The second-order valence-corrected chi connectivity index (χ2v) is 14.0. The third kappa shape index (κ3) is 7.25. The van der Waals surface area contributed by atoms with Gasteiger partial charge in [-0.15, -0.1) is 13.2 Å². The van der Waals surface area contributed by atoms with Crippen LogP contribution in [0.2, 0.25) is 0 Å². The van der Waals surface area contributed by atoms with Gasteiger partial charge in [0.15, 0.2) is 0 Å². The first-order valence-electron chi connectivity index (χ1n) is 16.4. The van der Waals surface area contributed by atoms with Crippen LogP contribution in [0.1, 0.15) is 84.0 Å². The van der Waals surface area contributed by atoms with Gasteiger partial charge in [0, 0.05) is 37.0 Å².